The van der Waals surface area contributed by atoms with Gasteiger partial charge < -0.3 is 5.32 Å². The number of alkyl halides is 3. The first-order chi connectivity index (χ1) is 9.20. The number of hydrogen-bond donors (Lipinski definition) is 1. The minimum Gasteiger partial charge on any atom is -0.380 e. The molecule has 1 aromatic carbocycles. The van der Waals surface area contributed by atoms with Crippen LogP contribution in [0.25, 0.3) is 0 Å². The summed E-state index contributed by atoms with van der Waals surface area (Å²) in [6, 6.07) is 4.75. The van der Waals surface area contributed by atoms with Crippen molar-refractivity contribution in [1.29, 1.82) is 0 Å². The Labute approximate surface area is 116 Å². The Bertz CT molecular complexity index is 569. The second-order valence-electron chi connectivity index (χ2n) is 5.09. The fraction of sp³-hybridized carbons (Fsp3) is 0.538. The molecule has 1 aliphatic carbocycles. The molecule has 1 saturated carbocycles. The van der Waals surface area contributed by atoms with Gasteiger partial charge in [-0.15, -0.1) is 0 Å². The number of sulfone groups is 1. The van der Waals surface area contributed by atoms with E-state index in [1.165, 1.54) is 12.1 Å². The number of nitrogens with one attached hydrogen (secondary N) is 1. The molecule has 112 valence electrons. The minimum absolute atomic E-state index is 0.00438. The van der Waals surface area contributed by atoms with Crippen LogP contribution < -0.4 is 5.32 Å². The van der Waals surface area contributed by atoms with Gasteiger partial charge in [-0.3, -0.25) is 0 Å². The molecule has 7 heteroatoms. The molecule has 1 N–H and O–H groups in total. The Morgan fingerprint density at radius 1 is 1.20 bits per heavy atom. The first kappa shape index (κ1) is 15.2. The van der Waals surface area contributed by atoms with Crippen LogP contribution in [-0.2, 0) is 9.84 Å². The summed E-state index contributed by atoms with van der Waals surface area (Å²) in [5, 5.41) is 3.28. The molecule has 0 radical (unpaired) electrons. The van der Waals surface area contributed by atoms with Crippen LogP contribution in [-0.4, -0.2) is 19.5 Å². The van der Waals surface area contributed by atoms with Gasteiger partial charge in [0.1, 0.15) is 0 Å². The summed E-state index contributed by atoms with van der Waals surface area (Å²) in [6.45, 7) is 2.05. The van der Waals surface area contributed by atoms with Gasteiger partial charge in [0.15, 0.2) is 0 Å². The summed E-state index contributed by atoms with van der Waals surface area (Å²) in [6.07, 6.45) is 4.09. The first-order valence-electron chi connectivity index (χ1n) is 6.40. The summed E-state index contributed by atoms with van der Waals surface area (Å²) in [5.41, 5.74) is -4.61. The number of benzene rings is 1. The zero-order valence-electron chi connectivity index (χ0n) is 11.0. The third kappa shape index (κ3) is 2.63. The normalized spacial score (nSPS) is 18.4. The van der Waals surface area contributed by atoms with Crippen molar-refractivity contribution in [2.75, 3.05) is 5.32 Å². The highest BCUT2D eigenvalue weighted by atomic mass is 32.2. The molecular formula is C13H16F3NO2S. The monoisotopic (exact) mass is 307 g/mol. The van der Waals surface area contributed by atoms with Gasteiger partial charge in [0.25, 0.3) is 9.84 Å². The van der Waals surface area contributed by atoms with E-state index in [0.717, 1.165) is 37.8 Å². The second-order valence-corrected chi connectivity index (χ2v) is 7.03. The van der Waals surface area contributed by atoms with Crippen molar-refractivity contribution in [2.45, 2.75) is 48.5 Å². The highest BCUT2D eigenvalue weighted by molar-refractivity contribution is 7.92. The van der Waals surface area contributed by atoms with Gasteiger partial charge >= 0.3 is 5.51 Å². The molecule has 1 aliphatic rings. The van der Waals surface area contributed by atoms with E-state index in [1.54, 1.807) is 0 Å². The Morgan fingerprint density at radius 2 is 1.75 bits per heavy atom. The Kier molecular flexibility index (Phi) is 3.75. The lowest BCUT2D eigenvalue weighted by atomic mass is 9.74. The number of anilines is 1. The molecule has 0 unspecified atom stereocenters. The largest absolute Gasteiger partial charge is 0.501 e. The number of hydrogen-bond acceptors (Lipinski definition) is 3. The van der Waals surface area contributed by atoms with E-state index in [1.807, 2.05) is 0 Å². The van der Waals surface area contributed by atoms with Gasteiger partial charge in [-0.25, -0.2) is 8.42 Å². The molecule has 3 nitrogen and oxygen atoms in total. The molecule has 0 atom stereocenters. The van der Waals surface area contributed by atoms with Crippen molar-refractivity contribution in [3.63, 3.8) is 0 Å². The SMILES string of the molecule is CCC1(Nc2ccc(S(=O)(=O)C(F)(F)F)cc2)CCC1. The lowest BCUT2D eigenvalue weighted by molar-refractivity contribution is -0.0436. The van der Waals surface area contributed by atoms with Gasteiger partial charge in [-0.05, 0) is 49.9 Å². The van der Waals surface area contributed by atoms with E-state index in [-0.39, 0.29) is 5.54 Å². The molecule has 2 rings (SSSR count). The van der Waals surface area contributed by atoms with E-state index in [0.29, 0.717) is 5.69 Å². The molecule has 0 aromatic heterocycles. The molecule has 20 heavy (non-hydrogen) atoms. The van der Waals surface area contributed by atoms with Gasteiger partial charge in [-0.2, -0.15) is 13.2 Å². The highest BCUT2D eigenvalue weighted by Gasteiger charge is 2.46. The quantitative estimate of drug-likeness (QED) is 0.922. The maximum atomic E-state index is 12.4. The van der Waals surface area contributed by atoms with Crippen LogP contribution >= 0.6 is 0 Å². The highest BCUT2D eigenvalue weighted by Crippen LogP contribution is 2.38. The van der Waals surface area contributed by atoms with Crippen LogP contribution in [0.2, 0.25) is 0 Å². The fourth-order valence-corrected chi connectivity index (χ4v) is 3.09. The van der Waals surface area contributed by atoms with Crippen LogP contribution in [0.4, 0.5) is 18.9 Å². The molecule has 0 saturated heterocycles. The molecule has 0 spiro atoms. The summed E-state index contributed by atoms with van der Waals surface area (Å²) in [5.74, 6) is 0. The van der Waals surface area contributed by atoms with Crippen molar-refractivity contribution in [3.8, 4) is 0 Å². The average molecular weight is 307 g/mol. The molecule has 0 amide bonds. The second kappa shape index (κ2) is 4.95. The molecule has 0 aliphatic heterocycles. The molecule has 0 heterocycles. The zero-order chi connectivity index (χ0) is 15.0. The Balaban J connectivity index is 2.19. The van der Waals surface area contributed by atoms with E-state index >= 15 is 0 Å². The van der Waals surface area contributed by atoms with Crippen LogP contribution in [0.5, 0.6) is 0 Å². The van der Waals surface area contributed by atoms with Gasteiger partial charge in [0, 0.05) is 11.2 Å². The maximum absolute atomic E-state index is 12.4. The van der Waals surface area contributed by atoms with E-state index in [9.17, 15) is 21.6 Å². The first-order valence-corrected chi connectivity index (χ1v) is 7.88. The third-order valence-corrected chi connectivity index (χ3v) is 5.37. The standard InChI is InChI=1S/C13H16F3NO2S/c1-2-12(8-3-9-12)17-10-4-6-11(7-5-10)20(18,19)13(14,15)16/h4-7,17H,2-3,8-9H2,1H3. The molecular weight excluding hydrogens is 291 g/mol. The summed E-state index contributed by atoms with van der Waals surface area (Å²) in [4.78, 5) is -0.727. The smallest absolute Gasteiger partial charge is 0.380 e. The van der Waals surface area contributed by atoms with Crippen LogP contribution in [0.3, 0.4) is 0 Å². The van der Waals surface area contributed by atoms with Gasteiger partial charge in [0.05, 0.1) is 4.90 Å². The third-order valence-electron chi connectivity index (χ3n) is 3.87. The van der Waals surface area contributed by atoms with Gasteiger partial charge in [0.2, 0.25) is 0 Å². The topological polar surface area (TPSA) is 46.2 Å². The van der Waals surface area contributed by atoms with Crippen molar-refractivity contribution in [1.82, 2.24) is 0 Å². The van der Waals surface area contributed by atoms with Crippen LogP contribution in [0, 0.1) is 0 Å². The summed E-state index contributed by atoms with van der Waals surface area (Å²) in [7, 11) is -5.26. The maximum Gasteiger partial charge on any atom is 0.501 e. The van der Waals surface area contributed by atoms with Crippen molar-refractivity contribution in [2.24, 2.45) is 0 Å². The summed E-state index contributed by atoms with van der Waals surface area (Å²) < 4.78 is 59.7. The van der Waals surface area contributed by atoms with Gasteiger partial charge in [-0.1, -0.05) is 6.92 Å². The Morgan fingerprint density at radius 3 is 2.10 bits per heavy atom. The molecule has 1 aromatic rings. The lowest BCUT2D eigenvalue weighted by Crippen LogP contribution is -2.44. The van der Waals surface area contributed by atoms with E-state index < -0.39 is 20.2 Å². The Hall–Kier alpha value is -1.24. The van der Waals surface area contributed by atoms with Crippen LogP contribution in [0.1, 0.15) is 32.6 Å². The predicted octanol–water partition coefficient (Wildman–Crippen LogP) is 3.72. The molecule has 1 fully saturated rings. The van der Waals surface area contributed by atoms with E-state index in [4.69, 9.17) is 0 Å². The minimum atomic E-state index is -5.26. The average Bonchev–Trinajstić information content (AvgIpc) is 2.33. The summed E-state index contributed by atoms with van der Waals surface area (Å²) >= 11 is 0. The lowest BCUT2D eigenvalue weighted by Gasteiger charge is -2.43. The predicted molar refractivity (Wildman–Crippen MR) is 70.2 cm³/mol. The van der Waals surface area contributed by atoms with E-state index in [2.05, 4.69) is 12.2 Å². The molecule has 0 bridgehead atoms. The number of halogens is 3. The van der Waals surface area contributed by atoms with Crippen molar-refractivity contribution >= 4 is 15.5 Å². The number of rotatable bonds is 4. The van der Waals surface area contributed by atoms with Crippen LogP contribution in [0.15, 0.2) is 29.2 Å². The van der Waals surface area contributed by atoms with Crippen molar-refractivity contribution < 1.29 is 21.6 Å². The fourth-order valence-electron chi connectivity index (χ4n) is 2.33. The van der Waals surface area contributed by atoms with Crippen molar-refractivity contribution in [3.05, 3.63) is 24.3 Å². The zero-order valence-corrected chi connectivity index (χ0v) is 11.8.